The number of aliphatic hydroxyl groups excluding tert-OH is 1. The van der Waals surface area contributed by atoms with E-state index in [1.807, 2.05) is 0 Å². The summed E-state index contributed by atoms with van der Waals surface area (Å²) in [6.45, 7) is -0.389. The molecule has 0 bridgehead atoms. The number of aliphatic hydroxyl groups is 1. The molecule has 3 N–H and O–H groups in total. The molecule has 0 heterocycles. The van der Waals surface area contributed by atoms with Gasteiger partial charge in [-0.15, -0.1) is 0 Å². The van der Waals surface area contributed by atoms with E-state index in [1.165, 1.54) is 12.1 Å². The van der Waals surface area contributed by atoms with E-state index in [4.69, 9.17) is 15.0 Å². The molecular formula is C10H11MnNO5. The van der Waals surface area contributed by atoms with Crippen LogP contribution in [0.1, 0.15) is 11.7 Å². The topological polar surface area (TPSA) is 127 Å². The Morgan fingerprint density at radius 3 is 1.94 bits per heavy atom. The molecule has 0 spiro atoms. The molecule has 6 nitrogen and oxygen atoms in total. The van der Waals surface area contributed by atoms with Crippen LogP contribution in [0.25, 0.3) is 0 Å². The second-order valence-corrected chi connectivity index (χ2v) is 2.71. The zero-order chi connectivity index (χ0) is 12.6. The number of carboxylic acid groups (broad SMARTS) is 2. The van der Waals surface area contributed by atoms with E-state index in [2.05, 4.69) is 5.73 Å². The van der Waals surface area contributed by atoms with Gasteiger partial charge in [0.25, 0.3) is 0 Å². The van der Waals surface area contributed by atoms with Gasteiger partial charge in [0.15, 0.2) is 0 Å². The molecule has 1 rings (SSSR count). The van der Waals surface area contributed by atoms with Crippen LogP contribution in [-0.4, -0.2) is 23.6 Å². The fourth-order valence-electron chi connectivity index (χ4n) is 0.771. The zero-order valence-electron chi connectivity index (χ0n) is 8.71. The Morgan fingerprint density at radius 1 is 1.24 bits per heavy atom. The molecule has 0 aromatic heterocycles. The number of carboxylic acids is 2. The van der Waals surface area contributed by atoms with Crippen molar-refractivity contribution in [2.45, 2.75) is 6.10 Å². The molecule has 0 saturated carbocycles. The van der Waals surface area contributed by atoms with Crippen molar-refractivity contribution in [3.63, 3.8) is 0 Å². The summed E-state index contributed by atoms with van der Waals surface area (Å²) >= 11 is 0. The Bertz CT molecular complexity index is 344. The Labute approximate surface area is 109 Å². The number of carbonyl (C=O) groups is 2. The smallest absolute Gasteiger partial charge is 0.549 e. The van der Waals surface area contributed by atoms with Gasteiger partial charge in [-0.2, -0.15) is 0 Å². The predicted octanol–water partition coefficient (Wildman–Crippen LogP) is -2.84. The average Bonchev–Trinajstić information content (AvgIpc) is 2.29. The zero-order valence-corrected chi connectivity index (χ0v) is 9.89. The number of nitrogens with two attached hydrogens (primary N) is 1. The normalized spacial score (nSPS) is 10.2. The number of aliphatic carboxylic acids is 2. The number of hydrogen-bond acceptors (Lipinski definition) is 6. The van der Waals surface area contributed by atoms with E-state index in [1.54, 1.807) is 18.2 Å². The molecule has 7 heteroatoms. The van der Waals surface area contributed by atoms with E-state index >= 15 is 0 Å². The third-order valence-electron chi connectivity index (χ3n) is 1.51. The van der Waals surface area contributed by atoms with E-state index in [0.717, 1.165) is 0 Å². The van der Waals surface area contributed by atoms with Crippen molar-refractivity contribution in [1.29, 1.82) is 0 Å². The van der Waals surface area contributed by atoms with Gasteiger partial charge in [0.1, 0.15) is 6.10 Å². The number of carbonyl (C=O) groups excluding carboxylic acids is 2. The molecule has 93 valence electrons. The van der Waals surface area contributed by atoms with Crippen LogP contribution in [0, 0.1) is 0 Å². The van der Waals surface area contributed by atoms with Gasteiger partial charge in [0.2, 0.25) is 0 Å². The maximum Gasteiger partial charge on any atom is 2.00 e. The van der Waals surface area contributed by atoms with Crippen molar-refractivity contribution >= 4 is 11.9 Å². The second-order valence-electron chi connectivity index (χ2n) is 2.71. The van der Waals surface area contributed by atoms with E-state index < -0.39 is 18.0 Å². The van der Waals surface area contributed by atoms with Crippen LogP contribution in [-0.2, 0) is 26.7 Å². The summed E-state index contributed by atoms with van der Waals surface area (Å²) in [6, 6.07) is 8.11. The van der Waals surface area contributed by atoms with Gasteiger partial charge < -0.3 is 30.6 Å². The first-order valence-electron chi connectivity index (χ1n) is 4.32. The van der Waals surface area contributed by atoms with Crippen LogP contribution in [0.3, 0.4) is 0 Å². The molecule has 1 atom stereocenters. The molecular weight excluding hydrogens is 269 g/mol. The van der Waals surface area contributed by atoms with Crippen LogP contribution in [0.4, 0.5) is 0 Å². The summed E-state index contributed by atoms with van der Waals surface area (Å²) in [4.78, 5) is 19.3. The molecule has 0 fully saturated rings. The molecule has 0 aliphatic heterocycles. The summed E-state index contributed by atoms with van der Waals surface area (Å²) in [5, 5.41) is 28.2. The van der Waals surface area contributed by atoms with Crippen LogP contribution in [0.2, 0.25) is 0 Å². The van der Waals surface area contributed by atoms with E-state index in [-0.39, 0.29) is 23.6 Å². The Morgan fingerprint density at radius 2 is 1.65 bits per heavy atom. The number of rotatable bonds is 3. The standard InChI is InChI=1S/C8H8O3.C2H5NO2.Mn/c9-7(8(10)11)6-4-2-1-3-5-6;3-1-2(4)5;/h1-5,7,9H,(H,10,11);1,3H2,(H,4,5);/q;;+2/p-2. The molecule has 0 aliphatic carbocycles. The minimum Gasteiger partial charge on any atom is -0.549 e. The van der Waals surface area contributed by atoms with Gasteiger partial charge in [-0.05, 0) is 5.56 Å². The number of hydrogen-bond donors (Lipinski definition) is 2. The van der Waals surface area contributed by atoms with Gasteiger partial charge in [0.05, 0.1) is 11.9 Å². The van der Waals surface area contributed by atoms with Crippen LogP contribution < -0.4 is 15.9 Å². The fraction of sp³-hybridized carbons (Fsp3) is 0.200. The summed E-state index contributed by atoms with van der Waals surface area (Å²) in [5.74, 6) is -2.69. The van der Waals surface area contributed by atoms with Crippen molar-refractivity contribution in [1.82, 2.24) is 0 Å². The molecule has 0 aliphatic rings. The van der Waals surface area contributed by atoms with E-state index in [0.29, 0.717) is 5.56 Å². The van der Waals surface area contributed by atoms with Gasteiger partial charge in [0, 0.05) is 6.54 Å². The minimum atomic E-state index is -1.52. The minimum absolute atomic E-state index is 0. The van der Waals surface area contributed by atoms with Crippen molar-refractivity contribution in [2.75, 3.05) is 6.54 Å². The molecule has 1 aromatic rings. The van der Waals surface area contributed by atoms with Gasteiger partial charge in [-0.3, -0.25) is 0 Å². The van der Waals surface area contributed by atoms with Crippen LogP contribution in [0.5, 0.6) is 0 Å². The third kappa shape index (κ3) is 8.41. The first kappa shape index (κ1) is 18.0. The van der Waals surface area contributed by atoms with E-state index in [9.17, 15) is 9.90 Å². The molecule has 1 aromatic carbocycles. The maximum atomic E-state index is 10.1. The first-order chi connectivity index (χ1) is 7.49. The summed E-state index contributed by atoms with van der Waals surface area (Å²) in [5.41, 5.74) is 4.85. The molecule has 1 unspecified atom stereocenters. The van der Waals surface area contributed by atoms with Crippen LogP contribution >= 0.6 is 0 Å². The van der Waals surface area contributed by atoms with Gasteiger partial charge in [-0.1, -0.05) is 30.3 Å². The fourth-order valence-corrected chi connectivity index (χ4v) is 0.771. The monoisotopic (exact) mass is 280 g/mol. The second kappa shape index (κ2) is 9.80. The van der Waals surface area contributed by atoms with Crippen molar-refractivity contribution in [3.05, 3.63) is 35.9 Å². The molecule has 0 amide bonds. The van der Waals surface area contributed by atoms with Crippen molar-refractivity contribution in [3.8, 4) is 0 Å². The summed E-state index contributed by atoms with van der Waals surface area (Å²) in [6.07, 6.45) is -1.52. The predicted molar refractivity (Wildman–Crippen MR) is 50.5 cm³/mol. The maximum absolute atomic E-state index is 10.1. The summed E-state index contributed by atoms with van der Waals surface area (Å²) in [7, 11) is 0. The molecule has 17 heavy (non-hydrogen) atoms. The Hall–Kier alpha value is -1.40. The summed E-state index contributed by atoms with van der Waals surface area (Å²) < 4.78 is 0. The van der Waals surface area contributed by atoms with Gasteiger partial charge in [-0.25, -0.2) is 0 Å². The molecule has 0 saturated heterocycles. The largest absolute Gasteiger partial charge is 2.00 e. The average molecular weight is 280 g/mol. The number of benzene rings is 1. The first-order valence-corrected chi connectivity index (χ1v) is 4.32. The SMILES string of the molecule is NCC(=O)[O-].O=C([O-])C(O)c1ccccc1.[Mn+2]. The molecule has 1 radical (unpaired) electrons. The van der Waals surface area contributed by atoms with Gasteiger partial charge >= 0.3 is 17.1 Å². The Kier molecular flexibility index (Phi) is 10.4. The quantitative estimate of drug-likeness (QED) is 0.574. The van der Waals surface area contributed by atoms with Crippen LogP contribution in [0.15, 0.2) is 30.3 Å². The Balaban J connectivity index is 0. The third-order valence-corrected chi connectivity index (χ3v) is 1.51. The van der Waals surface area contributed by atoms with Crippen molar-refractivity contribution < 1.29 is 42.0 Å². The van der Waals surface area contributed by atoms with Crippen molar-refractivity contribution in [2.24, 2.45) is 5.73 Å².